The molecule has 1 aliphatic heterocycles. The summed E-state index contributed by atoms with van der Waals surface area (Å²) in [5.74, 6) is -0.365. The maximum atomic E-state index is 13.6. The Balaban J connectivity index is 1.95. The smallest absolute Gasteiger partial charge is 0.169 e. The lowest BCUT2D eigenvalue weighted by Gasteiger charge is -2.24. The number of anilines is 1. The number of aromatic nitrogens is 1. The highest BCUT2D eigenvalue weighted by Crippen LogP contribution is 2.30. The molecule has 1 aliphatic rings. The molecule has 1 N–H and O–H groups in total. The minimum Gasteiger partial charge on any atom is -0.382 e. The van der Waals surface area contributed by atoms with E-state index < -0.39 is 0 Å². The van der Waals surface area contributed by atoms with E-state index in [4.69, 9.17) is 4.74 Å². The first-order chi connectivity index (χ1) is 9.28. The number of nitrogens with one attached hydrogen (secondary N) is 1. The molecule has 1 saturated heterocycles. The van der Waals surface area contributed by atoms with Crippen molar-refractivity contribution >= 4 is 28.9 Å². The fourth-order valence-corrected chi connectivity index (χ4v) is 2.76. The van der Waals surface area contributed by atoms with E-state index in [1.54, 1.807) is 12.3 Å². The Morgan fingerprint density at radius 1 is 1.32 bits per heavy atom. The fraction of sp³-hybridized carbons (Fsp3) is 0.385. The molecular weight excluding hydrogens is 270 g/mol. The molecule has 0 aliphatic carbocycles. The molecule has 1 aromatic heterocycles. The SMILES string of the molecule is FSn1ccc2c(NC3CCOCC3)cc(F)cc21. The zero-order valence-electron chi connectivity index (χ0n) is 10.2. The Bertz CT molecular complexity index is 581. The monoisotopic (exact) mass is 284 g/mol. The summed E-state index contributed by atoms with van der Waals surface area (Å²) in [5.41, 5.74) is 1.26. The van der Waals surface area contributed by atoms with Crippen molar-refractivity contribution in [1.29, 1.82) is 0 Å². The second-order valence-corrected chi connectivity index (χ2v) is 5.16. The Labute approximate surface area is 114 Å². The molecule has 0 bridgehead atoms. The van der Waals surface area contributed by atoms with Crippen LogP contribution in [0.3, 0.4) is 0 Å². The number of rotatable bonds is 3. The van der Waals surface area contributed by atoms with Gasteiger partial charge < -0.3 is 10.1 Å². The lowest BCUT2D eigenvalue weighted by Crippen LogP contribution is -2.27. The molecule has 0 saturated carbocycles. The molecule has 1 aromatic carbocycles. The van der Waals surface area contributed by atoms with Gasteiger partial charge in [-0.05, 0) is 31.0 Å². The topological polar surface area (TPSA) is 26.2 Å². The largest absolute Gasteiger partial charge is 0.382 e. The van der Waals surface area contributed by atoms with E-state index in [9.17, 15) is 8.28 Å². The van der Waals surface area contributed by atoms with Crippen molar-refractivity contribution < 1.29 is 13.0 Å². The lowest BCUT2D eigenvalue weighted by molar-refractivity contribution is 0.0905. The Hall–Kier alpha value is -1.27. The molecule has 0 amide bonds. The first-order valence-corrected chi connectivity index (χ1v) is 6.89. The van der Waals surface area contributed by atoms with Crippen molar-refractivity contribution in [2.45, 2.75) is 18.9 Å². The van der Waals surface area contributed by atoms with Crippen molar-refractivity contribution in [3.8, 4) is 0 Å². The standard InChI is InChI=1S/C13H14F2N2OS/c14-9-7-12(16-10-2-5-18-6-3-10)11-1-4-17(19-15)13(11)8-9/h1,4,7-8,10,16H,2-3,5-6H2. The van der Waals surface area contributed by atoms with Gasteiger partial charge in [-0.2, -0.15) is 0 Å². The van der Waals surface area contributed by atoms with Crippen LogP contribution in [0, 0.1) is 5.82 Å². The van der Waals surface area contributed by atoms with Crippen LogP contribution in [0.5, 0.6) is 0 Å². The van der Waals surface area contributed by atoms with Crippen LogP contribution in [0.1, 0.15) is 12.8 Å². The molecule has 0 atom stereocenters. The Morgan fingerprint density at radius 3 is 2.84 bits per heavy atom. The van der Waals surface area contributed by atoms with Gasteiger partial charge in [-0.25, -0.2) is 4.39 Å². The average molecular weight is 284 g/mol. The third-order valence-electron chi connectivity index (χ3n) is 3.39. The molecule has 0 unspecified atom stereocenters. The average Bonchev–Trinajstić information content (AvgIpc) is 2.83. The number of hydrogen-bond donors (Lipinski definition) is 1. The van der Waals surface area contributed by atoms with Gasteiger partial charge in [-0.3, -0.25) is 3.97 Å². The van der Waals surface area contributed by atoms with Crippen molar-refractivity contribution in [1.82, 2.24) is 3.97 Å². The van der Waals surface area contributed by atoms with Gasteiger partial charge in [-0.1, -0.05) is 0 Å². The van der Waals surface area contributed by atoms with Crippen molar-refractivity contribution in [2.24, 2.45) is 0 Å². The molecule has 2 heterocycles. The maximum absolute atomic E-state index is 13.6. The van der Waals surface area contributed by atoms with E-state index >= 15 is 0 Å². The van der Waals surface area contributed by atoms with Crippen LogP contribution in [0.15, 0.2) is 24.4 Å². The van der Waals surface area contributed by atoms with E-state index in [1.807, 2.05) is 0 Å². The maximum Gasteiger partial charge on any atom is 0.169 e. The van der Waals surface area contributed by atoms with Crippen LogP contribution in [0.25, 0.3) is 10.9 Å². The number of fused-ring (bicyclic) bond motifs is 1. The molecule has 0 spiro atoms. The van der Waals surface area contributed by atoms with E-state index in [1.165, 1.54) is 16.1 Å². The third-order valence-corrected chi connectivity index (χ3v) is 3.86. The molecule has 6 heteroatoms. The predicted molar refractivity (Wildman–Crippen MR) is 73.5 cm³/mol. The van der Waals surface area contributed by atoms with Crippen LogP contribution < -0.4 is 5.32 Å². The van der Waals surface area contributed by atoms with Gasteiger partial charge in [0.05, 0.1) is 5.52 Å². The first-order valence-electron chi connectivity index (χ1n) is 6.22. The van der Waals surface area contributed by atoms with Crippen molar-refractivity contribution in [3.63, 3.8) is 0 Å². The minimum absolute atomic E-state index is 0.0707. The summed E-state index contributed by atoms with van der Waals surface area (Å²) in [6.07, 6.45) is 3.40. The van der Waals surface area contributed by atoms with E-state index in [0.717, 1.165) is 37.1 Å². The van der Waals surface area contributed by atoms with Crippen LogP contribution in [-0.2, 0) is 4.74 Å². The molecule has 2 aromatic rings. The zero-order chi connectivity index (χ0) is 13.2. The van der Waals surface area contributed by atoms with Crippen molar-refractivity contribution in [3.05, 3.63) is 30.2 Å². The van der Waals surface area contributed by atoms with Gasteiger partial charge in [0.25, 0.3) is 0 Å². The Kier molecular flexibility index (Phi) is 3.61. The van der Waals surface area contributed by atoms with Crippen LogP contribution in [0.4, 0.5) is 14.0 Å². The molecular formula is C13H14F2N2OS. The first kappa shape index (κ1) is 12.7. The third kappa shape index (κ3) is 2.55. The van der Waals surface area contributed by atoms with Gasteiger partial charge in [0, 0.05) is 36.5 Å². The second kappa shape index (κ2) is 5.38. The minimum atomic E-state index is -0.365. The summed E-state index contributed by atoms with van der Waals surface area (Å²) >= 11 is 0.0707. The summed E-state index contributed by atoms with van der Waals surface area (Å²) in [5, 5.41) is 4.17. The van der Waals surface area contributed by atoms with Gasteiger partial charge in [0.1, 0.15) is 5.82 Å². The van der Waals surface area contributed by atoms with Gasteiger partial charge in [0.2, 0.25) is 0 Å². The van der Waals surface area contributed by atoms with Crippen LogP contribution in [0.2, 0.25) is 0 Å². The summed E-state index contributed by atoms with van der Waals surface area (Å²) in [4.78, 5) is 0. The number of hydrogen-bond acceptors (Lipinski definition) is 3. The summed E-state index contributed by atoms with van der Waals surface area (Å²) in [6, 6.07) is 4.88. The normalized spacial score (nSPS) is 16.9. The van der Waals surface area contributed by atoms with Gasteiger partial charge >= 0.3 is 0 Å². The van der Waals surface area contributed by atoms with Crippen LogP contribution >= 0.6 is 12.3 Å². The summed E-state index contributed by atoms with van der Waals surface area (Å²) < 4.78 is 33.0. The number of nitrogens with zero attached hydrogens (tertiary/aromatic N) is 1. The highest BCUT2D eigenvalue weighted by molar-refractivity contribution is 7.92. The van der Waals surface area contributed by atoms with Crippen LogP contribution in [-0.4, -0.2) is 23.2 Å². The number of ether oxygens (including phenoxy) is 1. The van der Waals surface area contributed by atoms with Crippen molar-refractivity contribution in [2.75, 3.05) is 18.5 Å². The summed E-state index contributed by atoms with van der Waals surface area (Å²) in [6.45, 7) is 1.44. The lowest BCUT2D eigenvalue weighted by atomic mass is 10.1. The summed E-state index contributed by atoms with van der Waals surface area (Å²) in [7, 11) is 0. The molecule has 1 fully saturated rings. The van der Waals surface area contributed by atoms with Gasteiger partial charge in [0.15, 0.2) is 12.3 Å². The highest BCUT2D eigenvalue weighted by Gasteiger charge is 2.16. The molecule has 3 rings (SSSR count). The molecule has 102 valence electrons. The highest BCUT2D eigenvalue weighted by atomic mass is 32.2. The second-order valence-electron chi connectivity index (χ2n) is 4.63. The van der Waals surface area contributed by atoms with E-state index in [2.05, 4.69) is 5.32 Å². The zero-order valence-corrected chi connectivity index (χ0v) is 11.1. The molecule has 3 nitrogen and oxygen atoms in total. The number of benzene rings is 1. The Morgan fingerprint density at radius 2 is 2.11 bits per heavy atom. The molecule has 0 radical (unpaired) electrons. The van der Waals surface area contributed by atoms with E-state index in [0.29, 0.717) is 5.52 Å². The van der Waals surface area contributed by atoms with Gasteiger partial charge in [-0.15, -0.1) is 3.89 Å². The predicted octanol–water partition coefficient (Wildman–Crippen LogP) is 3.75. The fourth-order valence-electron chi connectivity index (χ4n) is 2.43. The molecule has 19 heavy (non-hydrogen) atoms. The number of halogens is 2. The quantitative estimate of drug-likeness (QED) is 0.929. The van der Waals surface area contributed by atoms with E-state index in [-0.39, 0.29) is 24.2 Å².